The van der Waals surface area contributed by atoms with E-state index in [9.17, 15) is 13.0 Å². The third-order valence-corrected chi connectivity index (χ3v) is 5.54. The van der Waals surface area contributed by atoms with Crippen molar-refractivity contribution in [2.45, 2.75) is 25.5 Å². The van der Waals surface area contributed by atoms with E-state index in [0.717, 1.165) is 0 Å². The van der Waals surface area contributed by atoms with Crippen LogP contribution >= 0.6 is 0 Å². The summed E-state index contributed by atoms with van der Waals surface area (Å²) in [5.74, 6) is 1.06. The summed E-state index contributed by atoms with van der Waals surface area (Å²) in [5, 5.41) is 0. The van der Waals surface area contributed by atoms with Crippen molar-refractivity contribution in [3.05, 3.63) is 36.5 Å². The largest absolute Gasteiger partial charge is 0.373 e. The first kappa shape index (κ1) is 20.7. The number of hydrogen-bond acceptors (Lipinski definition) is 7. The minimum atomic E-state index is -2.68. The SMILES string of the molecule is CC(NS(C)=O)C1CN(c2ccnc(-c3cnc4cnc(C(F)F)cn34)n2)CCO1. The summed E-state index contributed by atoms with van der Waals surface area (Å²) in [7, 11) is -1.14. The first-order valence-corrected chi connectivity index (χ1v) is 10.9. The van der Waals surface area contributed by atoms with Gasteiger partial charge in [0.15, 0.2) is 11.5 Å². The van der Waals surface area contributed by atoms with Crippen LogP contribution in [0.3, 0.4) is 0 Å². The third kappa shape index (κ3) is 4.30. The molecule has 1 fully saturated rings. The Kier molecular flexibility index (Phi) is 5.97. The number of fused-ring (bicyclic) bond motifs is 1. The lowest BCUT2D eigenvalue weighted by Crippen LogP contribution is -2.51. The molecule has 0 aromatic carbocycles. The molecular formula is C18H21F2N7O2S. The number of alkyl halides is 2. The van der Waals surface area contributed by atoms with Crippen LogP contribution in [0.4, 0.5) is 14.6 Å². The minimum absolute atomic E-state index is 0.0982. The molecule has 1 aliphatic heterocycles. The Morgan fingerprint density at radius 1 is 1.30 bits per heavy atom. The van der Waals surface area contributed by atoms with Crippen LogP contribution < -0.4 is 9.62 Å². The average molecular weight is 437 g/mol. The van der Waals surface area contributed by atoms with Gasteiger partial charge in [-0.25, -0.2) is 37.6 Å². The first-order valence-electron chi connectivity index (χ1n) is 9.33. The molecule has 1 N–H and O–H groups in total. The Balaban J connectivity index is 1.61. The van der Waals surface area contributed by atoms with E-state index in [0.29, 0.717) is 42.7 Å². The number of nitrogens with zero attached hydrogens (tertiary/aromatic N) is 6. The number of anilines is 1. The Bertz CT molecular complexity index is 1060. The van der Waals surface area contributed by atoms with E-state index in [-0.39, 0.29) is 17.8 Å². The number of nitrogens with one attached hydrogen (secondary N) is 1. The molecule has 3 aromatic heterocycles. The van der Waals surface area contributed by atoms with Gasteiger partial charge in [0.2, 0.25) is 0 Å². The van der Waals surface area contributed by atoms with Crippen molar-refractivity contribution in [3.8, 4) is 11.5 Å². The minimum Gasteiger partial charge on any atom is -0.373 e. The Labute approximate surface area is 174 Å². The number of ether oxygens (including phenoxy) is 1. The molecule has 3 unspecified atom stereocenters. The zero-order valence-corrected chi connectivity index (χ0v) is 17.2. The molecule has 12 heteroatoms. The molecule has 0 bridgehead atoms. The molecule has 0 spiro atoms. The second-order valence-electron chi connectivity index (χ2n) is 6.94. The lowest BCUT2D eigenvalue weighted by Gasteiger charge is -2.36. The molecule has 3 aromatic rings. The maximum absolute atomic E-state index is 13.1. The number of morpholine rings is 1. The molecule has 4 heterocycles. The molecule has 0 radical (unpaired) electrons. The number of aromatic nitrogens is 5. The molecule has 9 nitrogen and oxygen atoms in total. The van der Waals surface area contributed by atoms with E-state index in [1.165, 1.54) is 23.0 Å². The summed E-state index contributed by atoms with van der Waals surface area (Å²) in [6.07, 6.45) is 4.45. The smallest absolute Gasteiger partial charge is 0.281 e. The van der Waals surface area contributed by atoms with Gasteiger partial charge in [-0.15, -0.1) is 0 Å². The van der Waals surface area contributed by atoms with E-state index >= 15 is 0 Å². The fourth-order valence-electron chi connectivity index (χ4n) is 3.35. The molecule has 0 saturated carbocycles. The molecule has 4 rings (SSSR count). The number of imidazole rings is 1. The van der Waals surface area contributed by atoms with Gasteiger partial charge in [0.25, 0.3) is 6.43 Å². The number of halogens is 2. The fraction of sp³-hybridized carbons (Fsp3) is 0.444. The van der Waals surface area contributed by atoms with Crippen molar-refractivity contribution < 1.29 is 17.7 Å². The molecule has 0 amide bonds. The summed E-state index contributed by atoms with van der Waals surface area (Å²) < 4.78 is 47.8. The lowest BCUT2D eigenvalue weighted by atomic mass is 10.1. The molecule has 1 aliphatic rings. The number of hydrogen-bond donors (Lipinski definition) is 1. The first-order chi connectivity index (χ1) is 14.4. The summed E-state index contributed by atoms with van der Waals surface area (Å²) in [4.78, 5) is 18.9. The van der Waals surface area contributed by atoms with Crippen LogP contribution in [-0.2, 0) is 15.7 Å². The van der Waals surface area contributed by atoms with E-state index < -0.39 is 17.4 Å². The van der Waals surface area contributed by atoms with Gasteiger partial charge in [-0.1, -0.05) is 0 Å². The molecule has 1 saturated heterocycles. The van der Waals surface area contributed by atoms with E-state index in [1.54, 1.807) is 18.5 Å². The predicted octanol–water partition coefficient (Wildman–Crippen LogP) is 1.60. The Morgan fingerprint density at radius 2 is 2.13 bits per heavy atom. The van der Waals surface area contributed by atoms with Crippen molar-refractivity contribution in [1.82, 2.24) is 29.1 Å². The van der Waals surface area contributed by atoms with Gasteiger partial charge in [-0.05, 0) is 13.0 Å². The highest BCUT2D eigenvalue weighted by Gasteiger charge is 2.27. The normalized spacial score (nSPS) is 19.4. The Hall–Kier alpha value is -2.57. The van der Waals surface area contributed by atoms with E-state index in [1.807, 2.05) is 6.92 Å². The maximum atomic E-state index is 13.1. The standard InChI is InChI=1S/C18H21F2N7O2S/c1-11(25-30(2)28)14-10-26(5-6-29-14)15-3-4-21-18(24-15)13-7-23-16-8-22-12(17(19)20)9-27(13)16/h3-4,7-9,11,14,17,25H,5-6,10H2,1-2H3. The monoisotopic (exact) mass is 437 g/mol. The number of rotatable bonds is 6. The van der Waals surface area contributed by atoms with Gasteiger partial charge in [0.05, 0.1) is 36.1 Å². The van der Waals surface area contributed by atoms with Crippen LogP contribution in [-0.4, -0.2) is 66.6 Å². The van der Waals surface area contributed by atoms with Gasteiger partial charge < -0.3 is 9.64 Å². The fourth-order valence-corrected chi connectivity index (χ4v) is 4.03. The van der Waals surface area contributed by atoms with Gasteiger partial charge in [-0.3, -0.25) is 4.40 Å². The second-order valence-corrected chi connectivity index (χ2v) is 8.08. The van der Waals surface area contributed by atoms with Crippen LogP contribution in [0.2, 0.25) is 0 Å². The van der Waals surface area contributed by atoms with Crippen molar-refractivity contribution in [3.63, 3.8) is 0 Å². The van der Waals surface area contributed by atoms with Gasteiger partial charge >= 0.3 is 0 Å². The summed E-state index contributed by atoms with van der Waals surface area (Å²) >= 11 is 0. The van der Waals surface area contributed by atoms with Gasteiger partial charge in [-0.2, -0.15) is 0 Å². The predicted molar refractivity (Wildman–Crippen MR) is 108 cm³/mol. The van der Waals surface area contributed by atoms with Crippen molar-refractivity contribution in [2.24, 2.45) is 0 Å². The van der Waals surface area contributed by atoms with Crippen LogP contribution in [0, 0.1) is 0 Å². The summed E-state index contributed by atoms with van der Waals surface area (Å²) in [6.45, 7) is 3.63. The summed E-state index contributed by atoms with van der Waals surface area (Å²) in [5.41, 5.74) is 0.586. The van der Waals surface area contributed by atoms with Gasteiger partial charge in [0.1, 0.15) is 17.2 Å². The zero-order chi connectivity index (χ0) is 21.3. The molecule has 160 valence electrons. The van der Waals surface area contributed by atoms with Crippen LogP contribution in [0.1, 0.15) is 19.0 Å². The van der Waals surface area contributed by atoms with E-state index in [4.69, 9.17) is 4.74 Å². The molecular weight excluding hydrogens is 416 g/mol. The van der Waals surface area contributed by atoms with Gasteiger partial charge in [0, 0.05) is 37.8 Å². The van der Waals surface area contributed by atoms with Crippen LogP contribution in [0.25, 0.3) is 17.2 Å². The second kappa shape index (κ2) is 8.66. The highest BCUT2D eigenvalue weighted by molar-refractivity contribution is 7.82. The van der Waals surface area contributed by atoms with Crippen molar-refractivity contribution >= 4 is 22.5 Å². The zero-order valence-electron chi connectivity index (χ0n) is 16.4. The lowest BCUT2D eigenvalue weighted by molar-refractivity contribution is 0.0242. The third-order valence-electron chi connectivity index (χ3n) is 4.84. The van der Waals surface area contributed by atoms with Crippen LogP contribution in [0.5, 0.6) is 0 Å². The van der Waals surface area contributed by atoms with Crippen LogP contribution in [0.15, 0.2) is 30.9 Å². The topological polar surface area (TPSA) is 97.5 Å². The van der Waals surface area contributed by atoms with E-state index in [2.05, 4.69) is 29.6 Å². The molecule has 3 atom stereocenters. The quantitative estimate of drug-likeness (QED) is 0.626. The maximum Gasteiger partial charge on any atom is 0.281 e. The highest BCUT2D eigenvalue weighted by atomic mass is 32.2. The molecule has 0 aliphatic carbocycles. The van der Waals surface area contributed by atoms with Crippen molar-refractivity contribution in [1.29, 1.82) is 0 Å². The summed E-state index contributed by atoms with van der Waals surface area (Å²) in [6, 6.07) is 1.69. The highest BCUT2D eigenvalue weighted by Crippen LogP contribution is 2.23. The Morgan fingerprint density at radius 3 is 2.90 bits per heavy atom. The average Bonchev–Trinajstić information content (AvgIpc) is 3.16. The van der Waals surface area contributed by atoms with Crippen molar-refractivity contribution in [2.75, 3.05) is 30.9 Å². The molecule has 30 heavy (non-hydrogen) atoms.